The minimum Gasteiger partial charge on any atom is -0.394 e. The lowest BCUT2D eigenvalue weighted by molar-refractivity contribution is -0.123. The van der Waals surface area contributed by atoms with Crippen molar-refractivity contribution in [3.8, 4) is 0 Å². The molecule has 0 aliphatic carbocycles. The number of hydrogen-bond donors (Lipinski definition) is 3. The summed E-state index contributed by atoms with van der Waals surface area (Å²) in [6.45, 7) is 4.31. The van der Waals surface area contributed by atoms with E-state index in [1.54, 1.807) is 0 Å². The molecule has 0 saturated carbocycles. The van der Waals surface area contributed by atoms with Crippen molar-refractivity contribution in [3.63, 3.8) is 0 Å². The first-order valence-corrected chi connectivity index (χ1v) is 15.9. The maximum Gasteiger partial charge on any atom is 0.220 e. The third kappa shape index (κ3) is 24.8. The molecule has 0 fully saturated rings. The van der Waals surface area contributed by atoms with E-state index in [9.17, 15) is 15.0 Å². The predicted molar refractivity (Wildman–Crippen MR) is 156 cm³/mol. The number of amides is 1. The van der Waals surface area contributed by atoms with Gasteiger partial charge >= 0.3 is 0 Å². The standard InChI is InChI=1S/C32H63NO3/c1-3-5-7-9-11-13-15-16-17-18-20-22-24-26-28-32(36)33-30(29-34)31(35)27-25-23-21-19-14-12-10-8-6-4-2/h15-16,30-31,34-35H,3-14,17-29H2,1-2H3,(H,33,36)/b16-15-. The van der Waals surface area contributed by atoms with E-state index in [1.165, 1.54) is 116 Å². The van der Waals surface area contributed by atoms with Crippen molar-refractivity contribution in [3.05, 3.63) is 12.2 Å². The van der Waals surface area contributed by atoms with Crippen LogP contribution in [0.3, 0.4) is 0 Å². The third-order valence-electron chi connectivity index (χ3n) is 7.28. The summed E-state index contributed by atoms with van der Waals surface area (Å²) in [5, 5.41) is 22.9. The normalized spacial score (nSPS) is 13.3. The molecule has 0 rings (SSSR count). The number of allylic oxidation sites excluding steroid dienone is 2. The van der Waals surface area contributed by atoms with Crippen LogP contribution in [0, 0.1) is 0 Å². The number of hydrogen-bond acceptors (Lipinski definition) is 3. The zero-order valence-corrected chi connectivity index (χ0v) is 24.3. The molecule has 0 spiro atoms. The highest BCUT2D eigenvalue weighted by molar-refractivity contribution is 5.76. The number of carbonyl (C=O) groups excluding carboxylic acids is 1. The van der Waals surface area contributed by atoms with E-state index in [0.29, 0.717) is 12.8 Å². The van der Waals surface area contributed by atoms with Crippen LogP contribution in [0.25, 0.3) is 0 Å². The third-order valence-corrected chi connectivity index (χ3v) is 7.28. The Morgan fingerprint density at radius 3 is 1.53 bits per heavy atom. The van der Waals surface area contributed by atoms with Gasteiger partial charge in [0.1, 0.15) is 0 Å². The van der Waals surface area contributed by atoms with Gasteiger partial charge in [-0.1, -0.05) is 135 Å². The van der Waals surface area contributed by atoms with Crippen LogP contribution >= 0.6 is 0 Å². The molecule has 4 heteroatoms. The highest BCUT2D eigenvalue weighted by Crippen LogP contribution is 2.14. The quantitative estimate of drug-likeness (QED) is 0.0729. The van der Waals surface area contributed by atoms with Crippen molar-refractivity contribution >= 4 is 5.91 Å². The van der Waals surface area contributed by atoms with Crippen LogP contribution in [0.15, 0.2) is 12.2 Å². The van der Waals surface area contributed by atoms with Gasteiger partial charge in [0.05, 0.1) is 18.8 Å². The molecule has 2 atom stereocenters. The van der Waals surface area contributed by atoms with E-state index < -0.39 is 12.1 Å². The molecule has 0 radical (unpaired) electrons. The summed E-state index contributed by atoms with van der Waals surface area (Å²) in [5.74, 6) is -0.0435. The van der Waals surface area contributed by atoms with Gasteiger partial charge in [-0.25, -0.2) is 0 Å². The highest BCUT2D eigenvalue weighted by Gasteiger charge is 2.19. The van der Waals surface area contributed by atoms with E-state index in [4.69, 9.17) is 0 Å². The van der Waals surface area contributed by atoms with Gasteiger partial charge in [-0.3, -0.25) is 4.79 Å². The topological polar surface area (TPSA) is 69.6 Å². The van der Waals surface area contributed by atoms with Crippen molar-refractivity contribution in [2.45, 2.75) is 180 Å². The summed E-state index contributed by atoms with van der Waals surface area (Å²) in [5.41, 5.74) is 0. The molecular weight excluding hydrogens is 446 g/mol. The van der Waals surface area contributed by atoms with Gasteiger partial charge in [0, 0.05) is 6.42 Å². The van der Waals surface area contributed by atoms with Gasteiger partial charge in [-0.15, -0.1) is 0 Å². The van der Waals surface area contributed by atoms with E-state index in [0.717, 1.165) is 25.7 Å². The summed E-state index contributed by atoms with van der Waals surface area (Å²) in [7, 11) is 0. The number of aliphatic hydroxyl groups excluding tert-OH is 2. The number of nitrogens with one attached hydrogen (secondary N) is 1. The minimum absolute atomic E-state index is 0.0435. The SMILES string of the molecule is CCCCCCC/C=C\CCCCCCCC(=O)NC(CO)C(O)CCCCCCCCCCCC. The van der Waals surface area contributed by atoms with Crippen molar-refractivity contribution in [1.29, 1.82) is 0 Å². The Labute approximate surface area is 225 Å². The molecule has 0 bridgehead atoms. The van der Waals surface area contributed by atoms with Gasteiger partial charge in [0.15, 0.2) is 0 Å². The minimum atomic E-state index is -0.655. The van der Waals surface area contributed by atoms with Gasteiger partial charge in [-0.05, 0) is 38.5 Å². The lowest BCUT2D eigenvalue weighted by atomic mass is 10.0. The molecule has 4 nitrogen and oxygen atoms in total. The lowest BCUT2D eigenvalue weighted by Gasteiger charge is -2.22. The van der Waals surface area contributed by atoms with Crippen molar-refractivity contribution in [1.82, 2.24) is 5.32 Å². The van der Waals surface area contributed by atoms with Gasteiger partial charge in [0.2, 0.25) is 5.91 Å². The maximum absolute atomic E-state index is 12.2. The highest BCUT2D eigenvalue weighted by atomic mass is 16.3. The second-order valence-corrected chi connectivity index (χ2v) is 10.9. The molecule has 0 heterocycles. The second-order valence-electron chi connectivity index (χ2n) is 10.9. The van der Waals surface area contributed by atoms with Crippen LogP contribution in [0.5, 0.6) is 0 Å². The first kappa shape index (κ1) is 35.1. The number of unbranched alkanes of at least 4 members (excludes halogenated alkanes) is 19. The molecule has 0 aliphatic rings. The summed E-state index contributed by atoms with van der Waals surface area (Å²) in [6, 6.07) is -0.533. The maximum atomic E-state index is 12.2. The van der Waals surface area contributed by atoms with E-state index in [2.05, 4.69) is 31.3 Å². The Balaban J connectivity index is 3.61. The van der Waals surface area contributed by atoms with E-state index >= 15 is 0 Å². The fourth-order valence-corrected chi connectivity index (χ4v) is 4.76. The Kier molecular flexibility index (Phi) is 28.0. The molecule has 0 aromatic rings. The largest absolute Gasteiger partial charge is 0.394 e. The molecule has 0 aromatic heterocycles. The molecule has 0 aromatic carbocycles. The molecule has 1 amide bonds. The first-order valence-electron chi connectivity index (χ1n) is 15.9. The zero-order chi connectivity index (χ0) is 26.5. The predicted octanol–water partition coefficient (Wildman–Crippen LogP) is 8.78. The Morgan fingerprint density at radius 1 is 0.639 bits per heavy atom. The zero-order valence-electron chi connectivity index (χ0n) is 24.3. The summed E-state index contributed by atoms with van der Waals surface area (Å²) in [6.07, 6.45) is 32.5. The van der Waals surface area contributed by atoms with Gasteiger partial charge < -0.3 is 15.5 Å². The van der Waals surface area contributed by atoms with Crippen LogP contribution < -0.4 is 5.32 Å². The Hall–Kier alpha value is -0.870. The summed E-state index contributed by atoms with van der Waals surface area (Å²) in [4.78, 5) is 12.2. The van der Waals surface area contributed by atoms with E-state index in [-0.39, 0.29) is 12.5 Å². The van der Waals surface area contributed by atoms with Crippen LogP contribution in [0.1, 0.15) is 168 Å². The van der Waals surface area contributed by atoms with Crippen LogP contribution in [-0.2, 0) is 4.79 Å². The first-order chi connectivity index (χ1) is 17.7. The summed E-state index contributed by atoms with van der Waals surface area (Å²) < 4.78 is 0. The van der Waals surface area contributed by atoms with Gasteiger partial charge in [-0.2, -0.15) is 0 Å². The number of carbonyl (C=O) groups is 1. The Bertz CT molecular complexity index is 480. The second kappa shape index (κ2) is 28.7. The smallest absolute Gasteiger partial charge is 0.220 e. The van der Waals surface area contributed by atoms with Crippen molar-refractivity contribution in [2.75, 3.05) is 6.61 Å². The molecule has 0 aliphatic heterocycles. The molecule has 0 saturated heterocycles. The molecule has 214 valence electrons. The van der Waals surface area contributed by atoms with Crippen molar-refractivity contribution in [2.24, 2.45) is 0 Å². The van der Waals surface area contributed by atoms with Gasteiger partial charge in [0.25, 0.3) is 0 Å². The molecular formula is C32H63NO3. The Morgan fingerprint density at radius 2 is 1.06 bits per heavy atom. The number of aliphatic hydroxyl groups is 2. The van der Waals surface area contributed by atoms with Crippen molar-refractivity contribution < 1.29 is 15.0 Å². The van der Waals surface area contributed by atoms with Crippen LogP contribution in [0.4, 0.5) is 0 Å². The summed E-state index contributed by atoms with van der Waals surface area (Å²) >= 11 is 0. The average molecular weight is 510 g/mol. The fraction of sp³-hybridized carbons (Fsp3) is 0.906. The monoisotopic (exact) mass is 509 g/mol. The lowest BCUT2D eigenvalue weighted by Crippen LogP contribution is -2.45. The molecule has 3 N–H and O–H groups in total. The van der Waals surface area contributed by atoms with Crippen LogP contribution in [-0.4, -0.2) is 34.9 Å². The molecule has 36 heavy (non-hydrogen) atoms. The molecule has 2 unspecified atom stereocenters. The fourth-order valence-electron chi connectivity index (χ4n) is 4.76. The average Bonchev–Trinajstić information content (AvgIpc) is 2.88. The number of rotatable bonds is 28. The van der Waals surface area contributed by atoms with E-state index in [1.807, 2.05) is 0 Å². The van der Waals surface area contributed by atoms with Crippen LogP contribution in [0.2, 0.25) is 0 Å².